The van der Waals surface area contributed by atoms with Crippen LogP contribution in [-0.4, -0.2) is 14.3 Å². The van der Waals surface area contributed by atoms with Gasteiger partial charge in [0.2, 0.25) is 0 Å². The molecule has 0 spiro atoms. The van der Waals surface area contributed by atoms with Gasteiger partial charge in [0.15, 0.2) is 0 Å². The molecule has 0 unspecified atom stereocenters. The van der Waals surface area contributed by atoms with Crippen LogP contribution in [0.15, 0.2) is 53.4 Å². The van der Waals surface area contributed by atoms with Crippen LogP contribution in [0.1, 0.15) is 11.1 Å². The smallest absolute Gasteiger partial charge is 0.262 e. The summed E-state index contributed by atoms with van der Waals surface area (Å²) in [5.74, 6) is 0.550. The lowest BCUT2D eigenvalue weighted by molar-refractivity contribution is 0.600. The fourth-order valence-electron chi connectivity index (χ4n) is 1.92. The third-order valence-electron chi connectivity index (χ3n) is 2.97. The third-order valence-corrected chi connectivity index (χ3v) is 4.70. The number of rotatable bonds is 5. The highest BCUT2D eigenvalue weighted by Crippen LogP contribution is 2.19. The zero-order valence-electron chi connectivity index (χ0n) is 11.1. The number of aryl methyl sites for hydroxylation is 2. The second-order valence-electron chi connectivity index (χ2n) is 4.51. The first kappa shape index (κ1) is 14.9. The summed E-state index contributed by atoms with van der Waals surface area (Å²) in [6, 6.07) is 14.1. The standard InChI is InChI=1S/C15H16ClNO2S/c1-12-4-2-3-5-15(12)20(18,19)17-14-8-6-13(7-9-14)10-11-16/h2-9,17H,10-11H2,1H3. The van der Waals surface area contributed by atoms with Crippen LogP contribution < -0.4 is 4.72 Å². The van der Waals surface area contributed by atoms with Gasteiger partial charge in [-0.25, -0.2) is 8.42 Å². The van der Waals surface area contributed by atoms with Gasteiger partial charge in [-0.2, -0.15) is 0 Å². The maximum absolute atomic E-state index is 12.3. The molecule has 0 bridgehead atoms. The molecular weight excluding hydrogens is 294 g/mol. The Labute approximate surface area is 124 Å². The quantitative estimate of drug-likeness (QED) is 0.858. The van der Waals surface area contributed by atoms with Crippen LogP contribution in [-0.2, 0) is 16.4 Å². The monoisotopic (exact) mass is 309 g/mol. The Bertz CT molecular complexity index is 681. The lowest BCUT2D eigenvalue weighted by atomic mass is 10.2. The number of halogens is 1. The molecule has 106 valence electrons. The van der Waals surface area contributed by atoms with Crippen LogP contribution in [0.5, 0.6) is 0 Å². The van der Waals surface area contributed by atoms with E-state index in [1.165, 1.54) is 0 Å². The molecule has 2 aromatic carbocycles. The number of hydrogen-bond acceptors (Lipinski definition) is 2. The predicted octanol–water partition coefficient (Wildman–Crippen LogP) is 3.58. The van der Waals surface area contributed by atoms with Crippen molar-refractivity contribution in [1.29, 1.82) is 0 Å². The van der Waals surface area contributed by atoms with Crippen molar-refractivity contribution in [2.45, 2.75) is 18.2 Å². The molecule has 2 rings (SSSR count). The lowest BCUT2D eigenvalue weighted by Crippen LogP contribution is -2.14. The first-order valence-electron chi connectivity index (χ1n) is 6.26. The molecule has 0 aliphatic rings. The first-order valence-corrected chi connectivity index (χ1v) is 8.28. The van der Waals surface area contributed by atoms with E-state index in [2.05, 4.69) is 4.72 Å². The number of hydrogen-bond donors (Lipinski definition) is 1. The van der Waals surface area contributed by atoms with Crippen molar-refractivity contribution >= 4 is 27.3 Å². The fourth-order valence-corrected chi connectivity index (χ4v) is 3.44. The molecule has 0 atom stereocenters. The Kier molecular flexibility index (Phi) is 4.68. The summed E-state index contributed by atoms with van der Waals surface area (Å²) in [5.41, 5.74) is 2.35. The van der Waals surface area contributed by atoms with E-state index >= 15 is 0 Å². The van der Waals surface area contributed by atoms with Crippen LogP contribution in [0.4, 0.5) is 5.69 Å². The van der Waals surface area contributed by atoms with Gasteiger partial charge in [-0.15, -0.1) is 11.6 Å². The molecule has 0 fully saturated rings. The van der Waals surface area contributed by atoms with E-state index in [4.69, 9.17) is 11.6 Å². The van der Waals surface area contributed by atoms with Gasteiger partial charge in [-0.3, -0.25) is 4.72 Å². The van der Waals surface area contributed by atoms with Gasteiger partial charge in [-0.1, -0.05) is 30.3 Å². The van der Waals surface area contributed by atoms with Crippen molar-refractivity contribution in [2.75, 3.05) is 10.6 Å². The number of sulfonamides is 1. The summed E-state index contributed by atoms with van der Waals surface area (Å²) in [5, 5.41) is 0. The average molecular weight is 310 g/mol. The Morgan fingerprint density at radius 2 is 1.70 bits per heavy atom. The van der Waals surface area contributed by atoms with Gasteiger partial charge in [0.25, 0.3) is 10.0 Å². The first-order chi connectivity index (χ1) is 9.53. The molecule has 0 aliphatic carbocycles. The van der Waals surface area contributed by atoms with E-state index in [1.54, 1.807) is 37.3 Å². The Morgan fingerprint density at radius 3 is 2.30 bits per heavy atom. The summed E-state index contributed by atoms with van der Waals surface area (Å²) in [4.78, 5) is 0.296. The molecule has 0 amide bonds. The minimum absolute atomic E-state index is 0.296. The largest absolute Gasteiger partial charge is 0.280 e. The summed E-state index contributed by atoms with van der Waals surface area (Å²) in [7, 11) is -3.55. The topological polar surface area (TPSA) is 46.2 Å². The molecule has 20 heavy (non-hydrogen) atoms. The molecule has 0 aliphatic heterocycles. The molecule has 2 aromatic rings. The molecule has 0 saturated heterocycles. The van der Waals surface area contributed by atoms with Crippen LogP contribution in [0, 0.1) is 6.92 Å². The van der Waals surface area contributed by atoms with Crippen molar-refractivity contribution in [3.05, 3.63) is 59.7 Å². The molecule has 0 radical (unpaired) electrons. The summed E-state index contributed by atoms with van der Waals surface area (Å²) >= 11 is 5.67. The van der Waals surface area contributed by atoms with Crippen molar-refractivity contribution in [3.8, 4) is 0 Å². The summed E-state index contributed by atoms with van der Waals surface area (Å²) in [6.07, 6.45) is 0.770. The van der Waals surface area contributed by atoms with E-state index in [0.29, 0.717) is 16.5 Å². The van der Waals surface area contributed by atoms with E-state index < -0.39 is 10.0 Å². The van der Waals surface area contributed by atoms with Crippen molar-refractivity contribution in [1.82, 2.24) is 0 Å². The highest BCUT2D eigenvalue weighted by atomic mass is 35.5. The number of alkyl halides is 1. The Hall–Kier alpha value is -1.52. The average Bonchev–Trinajstić information content (AvgIpc) is 2.41. The molecule has 0 heterocycles. The van der Waals surface area contributed by atoms with Crippen LogP contribution in [0.2, 0.25) is 0 Å². The molecule has 0 aromatic heterocycles. The van der Waals surface area contributed by atoms with E-state index in [1.807, 2.05) is 18.2 Å². The van der Waals surface area contributed by atoms with E-state index in [-0.39, 0.29) is 0 Å². The molecular formula is C15H16ClNO2S. The molecule has 1 N–H and O–H groups in total. The highest BCUT2D eigenvalue weighted by molar-refractivity contribution is 7.92. The zero-order valence-corrected chi connectivity index (χ0v) is 12.7. The Balaban J connectivity index is 2.22. The van der Waals surface area contributed by atoms with Gasteiger partial charge in [0.1, 0.15) is 0 Å². The number of nitrogens with one attached hydrogen (secondary N) is 1. The van der Waals surface area contributed by atoms with Gasteiger partial charge < -0.3 is 0 Å². The maximum Gasteiger partial charge on any atom is 0.262 e. The summed E-state index contributed by atoms with van der Waals surface area (Å²) < 4.78 is 27.2. The maximum atomic E-state index is 12.3. The SMILES string of the molecule is Cc1ccccc1S(=O)(=O)Nc1ccc(CCCl)cc1. The molecule has 3 nitrogen and oxygen atoms in total. The van der Waals surface area contributed by atoms with Gasteiger partial charge >= 0.3 is 0 Å². The Morgan fingerprint density at radius 1 is 1.05 bits per heavy atom. The van der Waals surface area contributed by atoms with Crippen molar-refractivity contribution < 1.29 is 8.42 Å². The van der Waals surface area contributed by atoms with Crippen LogP contribution in [0.25, 0.3) is 0 Å². The number of benzene rings is 2. The minimum Gasteiger partial charge on any atom is -0.280 e. The minimum atomic E-state index is -3.55. The van der Waals surface area contributed by atoms with Crippen LogP contribution in [0.3, 0.4) is 0 Å². The predicted molar refractivity (Wildman–Crippen MR) is 82.9 cm³/mol. The summed E-state index contributed by atoms with van der Waals surface area (Å²) in [6.45, 7) is 1.78. The van der Waals surface area contributed by atoms with Crippen LogP contribution >= 0.6 is 11.6 Å². The fraction of sp³-hybridized carbons (Fsp3) is 0.200. The van der Waals surface area contributed by atoms with Gasteiger partial charge in [-0.05, 0) is 42.7 Å². The molecule has 0 saturated carbocycles. The molecule has 5 heteroatoms. The normalized spacial score (nSPS) is 11.3. The highest BCUT2D eigenvalue weighted by Gasteiger charge is 2.15. The lowest BCUT2D eigenvalue weighted by Gasteiger charge is -2.10. The van der Waals surface area contributed by atoms with Crippen molar-refractivity contribution in [3.63, 3.8) is 0 Å². The second-order valence-corrected chi connectivity index (χ2v) is 6.54. The second kappa shape index (κ2) is 6.29. The third kappa shape index (κ3) is 3.52. The van der Waals surface area contributed by atoms with E-state index in [9.17, 15) is 8.42 Å². The van der Waals surface area contributed by atoms with Crippen molar-refractivity contribution in [2.24, 2.45) is 0 Å². The van der Waals surface area contributed by atoms with E-state index in [0.717, 1.165) is 17.5 Å². The zero-order chi connectivity index (χ0) is 14.6. The van der Waals surface area contributed by atoms with Gasteiger partial charge in [0.05, 0.1) is 4.90 Å². The number of anilines is 1. The van der Waals surface area contributed by atoms with Gasteiger partial charge in [0, 0.05) is 11.6 Å².